The summed E-state index contributed by atoms with van der Waals surface area (Å²) in [6, 6.07) is 11.0. The molecule has 0 atom stereocenters. The number of carbonyl (C=O) groups is 1. The predicted molar refractivity (Wildman–Crippen MR) is 96.9 cm³/mol. The molecule has 0 aliphatic heterocycles. The van der Waals surface area contributed by atoms with Crippen molar-refractivity contribution >= 4 is 34.4 Å². The molecule has 0 aliphatic carbocycles. The number of hydrogen-bond acceptors (Lipinski definition) is 5. The van der Waals surface area contributed by atoms with Gasteiger partial charge in [0.2, 0.25) is 0 Å². The number of benzene rings is 2. The molecule has 1 aromatic heterocycles. The van der Waals surface area contributed by atoms with Crippen LogP contribution in [0.15, 0.2) is 36.4 Å². The van der Waals surface area contributed by atoms with E-state index < -0.39 is 0 Å². The minimum atomic E-state index is -0.172. The molecule has 2 aromatic carbocycles. The third-order valence-corrected chi connectivity index (χ3v) is 4.12. The number of amides is 1. The van der Waals surface area contributed by atoms with E-state index in [1.807, 2.05) is 31.2 Å². The Balaban J connectivity index is 1.77. The molecule has 5 nitrogen and oxygen atoms in total. The number of fused-ring (bicyclic) bond motifs is 1. The van der Waals surface area contributed by atoms with E-state index in [9.17, 15) is 4.79 Å². The molecule has 0 saturated heterocycles. The Morgan fingerprint density at radius 3 is 2.62 bits per heavy atom. The van der Waals surface area contributed by atoms with Gasteiger partial charge in [-0.2, -0.15) is 8.75 Å². The van der Waals surface area contributed by atoms with Crippen LogP contribution >= 0.6 is 11.7 Å². The second kappa shape index (κ2) is 6.97. The average molecular weight is 341 g/mol. The Labute approximate surface area is 145 Å². The average Bonchev–Trinajstić information content (AvgIpc) is 3.05. The van der Waals surface area contributed by atoms with Gasteiger partial charge in [0.15, 0.2) is 0 Å². The fourth-order valence-corrected chi connectivity index (χ4v) is 2.80. The first-order valence-corrected chi connectivity index (χ1v) is 8.53. The third kappa shape index (κ3) is 3.54. The van der Waals surface area contributed by atoms with Crippen LogP contribution in [0.1, 0.15) is 29.8 Å². The van der Waals surface area contributed by atoms with Crippen LogP contribution in [0.2, 0.25) is 0 Å². The molecule has 1 amide bonds. The molecule has 3 aromatic rings. The van der Waals surface area contributed by atoms with Crippen LogP contribution in [0.5, 0.6) is 5.75 Å². The molecule has 124 valence electrons. The second-order valence-corrected chi connectivity index (χ2v) is 6.60. The van der Waals surface area contributed by atoms with Crippen LogP contribution in [-0.4, -0.2) is 21.3 Å². The molecule has 0 fully saturated rings. The zero-order valence-electron chi connectivity index (χ0n) is 13.9. The highest BCUT2D eigenvalue weighted by atomic mass is 32.1. The number of nitrogens with one attached hydrogen (secondary N) is 1. The number of carbonyl (C=O) groups excluding carboxylic acids is 1. The largest absolute Gasteiger partial charge is 0.493 e. The van der Waals surface area contributed by atoms with Crippen molar-refractivity contribution in [2.24, 2.45) is 5.92 Å². The van der Waals surface area contributed by atoms with Gasteiger partial charge in [0.05, 0.1) is 24.0 Å². The second-order valence-electron chi connectivity index (χ2n) is 6.07. The summed E-state index contributed by atoms with van der Waals surface area (Å²) in [7, 11) is 0. The molecular weight excluding hydrogens is 322 g/mol. The van der Waals surface area contributed by atoms with E-state index >= 15 is 0 Å². The number of aromatic nitrogens is 2. The lowest BCUT2D eigenvalue weighted by molar-refractivity contribution is 0.102. The van der Waals surface area contributed by atoms with Gasteiger partial charge in [-0.25, -0.2) is 0 Å². The summed E-state index contributed by atoms with van der Waals surface area (Å²) in [5, 5.41) is 2.95. The number of hydrogen-bond donors (Lipinski definition) is 1. The number of anilines is 1. The summed E-state index contributed by atoms with van der Waals surface area (Å²) in [6.07, 6.45) is 0. The topological polar surface area (TPSA) is 64.1 Å². The van der Waals surface area contributed by atoms with E-state index in [2.05, 4.69) is 27.9 Å². The van der Waals surface area contributed by atoms with E-state index in [1.165, 1.54) is 0 Å². The minimum Gasteiger partial charge on any atom is -0.493 e. The normalized spacial score (nSPS) is 11.0. The summed E-state index contributed by atoms with van der Waals surface area (Å²) < 4.78 is 14.1. The van der Waals surface area contributed by atoms with Crippen LogP contribution < -0.4 is 10.1 Å². The molecule has 0 aliphatic rings. The Morgan fingerprint density at radius 1 is 1.17 bits per heavy atom. The van der Waals surface area contributed by atoms with Gasteiger partial charge in [-0.05, 0) is 48.7 Å². The molecule has 1 N–H and O–H groups in total. The highest BCUT2D eigenvalue weighted by molar-refractivity contribution is 7.00. The van der Waals surface area contributed by atoms with Gasteiger partial charge in [0, 0.05) is 5.56 Å². The Hall–Kier alpha value is -2.47. The van der Waals surface area contributed by atoms with E-state index in [1.54, 1.807) is 12.1 Å². The lowest BCUT2D eigenvalue weighted by atomic mass is 10.1. The monoisotopic (exact) mass is 341 g/mol. The quantitative estimate of drug-likeness (QED) is 0.752. The number of nitrogens with zero attached hydrogens (tertiary/aromatic N) is 2. The van der Waals surface area contributed by atoms with Crippen LogP contribution in [0.25, 0.3) is 11.0 Å². The maximum Gasteiger partial charge on any atom is 0.255 e. The van der Waals surface area contributed by atoms with Crippen LogP contribution in [0.4, 0.5) is 5.69 Å². The Morgan fingerprint density at radius 2 is 1.92 bits per heavy atom. The highest BCUT2D eigenvalue weighted by Crippen LogP contribution is 2.26. The predicted octanol–water partition coefficient (Wildman–Crippen LogP) is 4.29. The zero-order chi connectivity index (χ0) is 17.1. The number of aryl methyl sites for hydroxylation is 1. The standard InChI is InChI=1S/C18H19N3O2S/c1-11(2)10-23-14-7-5-13(6-8-14)18(22)19-16-12(3)4-9-15-17(16)21-24-20-15/h4-9,11H,10H2,1-3H3,(H,19,22). The van der Waals surface area contributed by atoms with Crippen LogP contribution in [-0.2, 0) is 0 Å². The summed E-state index contributed by atoms with van der Waals surface area (Å²) in [4.78, 5) is 12.5. The van der Waals surface area contributed by atoms with Gasteiger partial charge in [0.25, 0.3) is 5.91 Å². The molecule has 0 radical (unpaired) electrons. The van der Waals surface area contributed by atoms with Gasteiger partial charge >= 0.3 is 0 Å². The molecular formula is C18H19N3O2S. The van der Waals surface area contributed by atoms with Gasteiger partial charge in [-0.15, -0.1) is 0 Å². The van der Waals surface area contributed by atoms with E-state index in [0.29, 0.717) is 23.8 Å². The maximum absolute atomic E-state index is 12.5. The van der Waals surface area contributed by atoms with Crippen molar-refractivity contribution in [2.45, 2.75) is 20.8 Å². The molecule has 0 unspecified atom stereocenters. The van der Waals surface area contributed by atoms with Crippen molar-refractivity contribution < 1.29 is 9.53 Å². The van der Waals surface area contributed by atoms with Crippen molar-refractivity contribution in [1.82, 2.24) is 8.75 Å². The molecule has 0 spiro atoms. The molecule has 3 rings (SSSR count). The zero-order valence-corrected chi connectivity index (χ0v) is 14.7. The number of rotatable bonds is 5. The fraction of sp³-hybridized carbons (Fsp3) is 0.278. The maximum atomic E-state index is 12.5. The van der Waals surface area contributed by atoms with Crippen LogP contribution in [0, 0.1) is 12.8 Å². The summed E-state index contributed by atoms with van der Waals surface area (Å²) in [5.41, 5.74) is 3.77. The Bertz CT molecular complexity index is 856. The first-order valence-electron chi connectivity index (χ1n) is 7.80. The van der Waals surface area contributed by atoms with Crippen molar-refractivity contribution in [3.8, 4) is 5.75 Å². The van der Waals surface area contributed by atoms with Crippen molar-refractivity contribution in [1.29, 1.82) is 0 Å². The molecule has 1 heterocycles. The van der Waals surface area contributed by atoms with Crippen molar-refractivity contribution in [3.05, 3.63) is 47.5 Å². The molecule has 24 heavy (non-hydrogen) atoms. The minimum absolute atomic E-state index is 0.172. The van der Waals surface area contributed by atoms with Gasteiger partial charge in [0.1, 0.15) is 16.8 Å². The first kappa shape index (κ1) is 16.4. The lowest BCUT2D eigenvalue weighted by Gasteiger charge is -2.11. The smallest absolute Gasteiger partial charge is 0.255 e. The van der Waals surface area contributed by atoms with Gasteiger partial charge in [-0.1, -0.05) is 19.9 Å². The molecule has 6 heteroatoms. The van der Waals surface area contributed by atoms with Gasteiger partial charge in [-0.3, -0.25) is 4.79 Å². The third-order valence-electron chi connectivity index (χ3n) is 3.57. The fourth-order valence-electron chi connectivity index (χ4n) is 2.26. The van der Waals surface area contributed by atoms with Crippen molar-refractivity contribution in [3.63, 3.8) is 0 Å². The van der Waals surface area contributed by atoms with E-state index in [-0.39, 0.29) is 5.91 Å². The Kier molecular flexibility index (Phi) is 4.76. The van der Waals surface area contributed by atoms with Crippen molar-refractivity contribution in [2.75, 3.05) is 11.9 Å². The van der Waals surface area contributed by atoms with E-state index in [4.69, 9.17) is 4.74 Å². The van der Waals surface area contributed by atoms with Gasteiger partial charge < -0.3 is 10.1 Å². The molecule has 0 bridgehead atoms. The summed E-state index contributed by atoms with van der Waals surface area (Å²) >= 11 is 1.14. The number of ether oxygens (including phenoxy) is 1. The van der Waals surface area contributed by atoms with Crippen LogP contribution in [0.3, 0.4) is 0 Å². The lowest BCUT2D eigenvalue weighted by Crippen LogP contribution is -2.13. The van der Waals surface area contributed by atoms with E-state index in [0.717, 1.165) is 34.1 Å². The first-order chi connectivity index (χ1) is 11.5. The highest BCUT2D eigenvalue weighted by Gasteiger charge is 2.13. The summed E-state index contributed by atoms with van der Waals surface area (Å²) in [6.45, 7) is 6.79. The summed E-state index contributed by atoms with van der Waals surface area (Å²) in [5.74, 6) is 1.06. The molecule has 0 saturated carbocycles. The SMILES string of the molecule is Cc1ccc2nsnc2c1NC(=O)c1ccc(OCC(C)C)cc1.